The molecule has 0 spiro atoms. The maximum atomic E-state index is 6.16. The molecule has 2 rings (SSSR count). The van der Waals surface area contributed by atoms with Crippen molar-refractivity contribution in [1.29, 1.82) is 0 Å². The summed E-state index contributed by atoms with van der Waals surface area (Å²) in [4.78, 5) is 0. The fraction of sp³-hybridized carbons (Fsp3) is 0.182. The summed E-state index contributed by atoms with van der Waals surface area (Å²) in [5.74, 6) is 1.20. The van der Waals surface area contributed by atoms with Gasteiger partial charge in [-0.2, -0.15) is 5.10 Å². The summed E-state index contributed by atoms with van der Waals surface area (Å²) in [5, 5.41) is 4.69. The molecule has 0 aliphatic rings. The van der Waals surface area contributed by atoms with E-state index in [0.29, 0.717) is 10.8 Å². The molecular formula is C11H12ClN3O. The zero-order valence-corrected chi connectivity index (χ0v) is 9.82. The van der Waals surface area contributed by atoms with E-state index < -0.39 is 0 Å². The van der Waals surface area contributed by atoms with E-state index in [0.717, 1.165) is 17.0 Å². The van der Waals surface area contributed by atoms with Crippen LogP contribution < -0.4 is 10.5 Å². The van der Waals surface area contributed by atoms with Gasteiger partial charge in [0.2, 0.25) is 0 Å². The van der Waals surface area contributed by atoms with Crippen LogP contribution in [-0.2, 0) is 7.05 Å². The number of benzene rings is 1. The van der Waals surface area contributed by atoms with Gasteiger partial charge in [0.1, 0.15) is 11.6 Å². The van der Waals surface area contributed by atoms with Crippen molar-refractivity contribution in [2.75, 3.05) is 12.8 Å². The topological polar surface area (TPSA) is 53.1 Å². The molecule has 0 saturated heterocycles. The van der Waals surface area contributed by atoms with E-state index in [1.807, 2.05) is 19.2 Å². The van der Waals surface area contributed by atoms with Crippen LogP contribution >= 0.6 is 11.6 Å². The van der Waals surface area contributed by atoms with Crippen molar-refractivity contribution in [2.24, 2.45) is 7.05 Å². The third-order valence-electron chi connectivity index (χ3n) is 2.35. The first-order valence-electron chi connectivity index (χ1n) is 4.75. The molecule has 2 N–H and O–H groups in total. The molecule has 4 nitrogen and oxygen atoms in total. The number of aryl methyl sites for hydroxylation is 1. The van der Waals surface area contributed by atoms with Gasteiger partial charge in [-0.15, -0.1) is 0 Å². The standard InChI is InChI=1S/C11H12ClN3O/c1-15-10(6-11(13)14-15)8-4-3-7(16-2)5-9(8)12/h3-6H,1-2H3,(H2,13,14). The van der Waals surface area contributed by atoms with Gasteiger partial charge in [-0.25, -0.2) is 0 Å². The van der Waals surface area contributed by atoms with Crippen molar-refractivity contribution in [3.05, 3.63) is 29.3 Å². The van der Waals surface area contributed by atoms with E-state index >= 15 is 0 Å². The van der Waals surface area contributed by atoms with Crippen molar-refractivity contribution in [1.82, 2.24) is 9.78 Å². The lowest BCUT2D eigenvalue weighted by Crippen LogP contribution is -1.95. The van der Waals surface area contributed by atoms with Gasteiger partial charge in [-0.3, -0.25) is 4.68 Å². The number of hydrogen-bond donors (Lipinski definition) is 1. The van der Waals surface area contributed by atoms with Crippen LogP contribution in [0.5, 0.6) is 5.75 Å². The van der Waals surface area contributed by atoms with E-state index in [9.17, 15) is 0 Å². The predicted molar refractivity (Wildman–Crippen MR) is 64.6 cm³/mol. The molecule has 2 aromatic rings. The smallest absolute Gasteiger partial charge is 0.146 e. The second-order valence-electron chi connectivity index (χ2n) is 3.42. The zero-order chi connectivity index (χ0) is 11.7. The molecular weight excluding hydrogens is 226 g/mol. The molecule has 1 aromatic heterocycles. The van der Waals surface area contributed by atoms with Gasteiger partial charge in [0, 0.05) is 18.7 Å². The lowest BCUT2D eigenvalue weighted by Gasteiger charge is -2.06. The second-order valence-corrected chi connectivity index (χ2v) is 3.83. The maximum Gasteiger partial charge on any atom is 0.146 e. The van der Waals surface area contributed by atoms with Crippen LogP contribution in [0, 0.1) is 0 Å². The highest BCUT2D eigenvalue weighted by atomic mass is 35.5. The Bertz CT molecular complexity index is 522. The SMILES string of the molecule is COc1ccc(-c2cc(N)nn2C)c(Cl)c1. The van der Waals surface area contributed by atoms with E-state index in [4.69, 9.17) is 22.1 Å². The number of hydrogen-bond acceptors (Lipinski definition) is 3. The number of nitrogens with two attached hydrogens (primary N) is 1. The van der Waals surface area contributed by atoms with Gasteiger partial charge in [0.25, 0.3) is 0 Å². The fourth-order valence-electron chi connectivity index (χ4n) is 1.57. The minimum atomic E-state index is 0.476. The zero-order valence-electron chi connectivity index (χ0n) is 9.07. The molecule has 0 aliphatic heterocycles. The molecule has 0 aliphatic carbocycles. The highest BCUT2D eigenvalue weighted by Crippen LogP contribution is 2.31. The Morgan fingerprint density at radius 2 is 2.12 bits per heavy atom. The van der Waals surface area contributed by atoms with Crippen molar-refractivity contribution in [2.45, 2.75) is 0 Å². The van der Waals surface area contributed by atoms with Gasteiger partial charge in [0.15, 0.2) is 0 Å². The second kappa shape index (κ2) is 4.06. The first-order valence-corrected chi connectivity index (χ1v) is 5.13. The van der Waals surface area contributed by atoms with Crippen LogP contribution in [-0.4, -0.2) is 16.9 Å². The average Bonchev–Trinajstić information content (AvgIpc) is 2.57. The molecule has 1 aromatic carbocycles. The Hall–Kier alpha value is -1.68. The molecule has 0 atom stereocenters. The summed E-state index contributed by atoms with van der Waals surface area (Å²) < 4.78 is 6.79. The van der Waals surface area contributed by atoms with Crippen molar-refractivity contribution in [3.8, 4) is 17.0 Å². The van der Waals surface area contributed by atoms with Gasteiger partial charge in [-0.05, 0) is 18.2 Å². The van der Waals surface area contributed by atoms with Crippen molar-refractivity contribution < 1.29 is 4.74 Å². The number of halogens is 1. The third-order valence-corrected chi connectivity index (χ3v) is 2.66. The Morgan fingerprint density at radius 3 is 2.62 bits per heavy atom. The Balaban J connectivity index is 2.52. The minimum Gasteiger partial charge on any atom is -0.497 e. The number of methoxy groups -OCH3 is 1. The summed E-state index contributed by atoms with van der Waals surface area (Å²) in [6.45, 7) is 0. The third kappa shape index (κ3) is 1.84. The number of aromatic nitrogens is 2. The molecule has 84 valence electrons. The first-order chi connectivity index (χ1) is 7.61. The van der Waals surface area contributed by atoms with Crippen LogP contribution in [0.4, 0.5) is 5.82 Å². The highest BCUT2D eigenvalue weighted by Gasteiger charge is 2.10. The minimum absolute atomic E-state index is 0.476. The molecule has 1 heterocycles. The van der Waals surface area contributed by atoms with Crippen LogP contribution in [0.25, 0.3) is 11.3 Å². The van der Waals surface area contributed by atoms with Gasteiger partial charge in [-0.1, -0.05) is 11.6 Å². The quantitative estimate of drug-likeness (QED) is 0.872. The Labute approximate surface area is 98.6 Å². The lowest BCUT2D eigenvalue weighted by molar-refractivity contribution is 0.415. The van der Waals surface area contributed by atoms with Crippen LogP contribution in [0.1, 0.15) is 0 Å². The van der Waals surface area contributed by atoms with E-state index in [1.165, 1.54) is 0 Å². The summed E-state index contributed by atoms with van der Waals surface area (Å²) >= 11 is 6.16. The van der Waals surface area contributed by atoms with E-state index in [2.05, 4.69) is 5.10 Å². The van der Waals surface area contributed by atoms with Gasteiger partial charge >= 0.3 is 0 Å². The number of anilines is 1. The van der Waals surface area contributed by atoms with E-state index in [-0.39, 0.29) is 0 Å². The molecule has 0 unspecified atom stereocenters. The predicted octanol–water partition coefficient (Wildman–Crippen LogP) is 2.33. The number of nitrogen functional groups attached to an aromatic ring is 1. The average molecular weight is 238 g/mol. The summed E-state index contributed by atoms with van der Waals surface area (Å²) in [6.07, 6.45) is 0. The summed E-state index contributed by atoms with van der Waals surface area (Å²) in [7, 11) is 3.43. The van der Waals surface area contributed by atoms with Crippen LogP contribution in [0.3, 0.4) is 0 Å². The van der Waals surface area contributed by atoms with Gasteiger partial charge < -0.3 is 10.5 Å². The van der Waals surface area contributed by atoms with E-state index in [1.54, 1.807) is 23.9 Å². The molecule has 0 saturated carbocycles. The highest BCUT2D eigenvalue weighted by molar-refractivity contribution is 6.33. The Morgan fingerprint density at radius 1 is 1.38 bits per heavy atom. The van der Waals surface area contributed by atoms with Crippen molar-refractivity contribution in [3.63, 3.8) is 0 Å². The monoisotopic (exact) mass is 237 g/mol. The molecule has 0 amide bonds. The molecule has 16 heavy (non-hydrogen) atoms. The molecule has 0 radical (unpaired) electrons. The fourth-order valence-corrected chi connectivity index (χ4v) is 1.84. The largest absolute Gasteiger partial charge is 0.497 e. The maximum absolute atomic E-state index is 6.16. The van der Waals surface area contributed by atoms with Crippen molar-refractivity contribution >= 4 is 17.4 Å². The molecule has 0 bridgehead atoms. The van der Waals surface area contributed by atoms with Crippen LogP contribution in [0.2, 0.25) is 5.02 Å². The lowest BCUT2D eigenvalue weighted by atomic mass is 10.1. The molecule has 0 fully saturated rings. The number of nitrogens with zero attached hydrogens (tertiary/aromatic N) is 2. The van der Waals surface area contributed by atoms with Crippen LogP contribution in [0.15, 0.2) is 24.3 Å². The normalized spacial score (nSPS) is 10.4. The first kappa shape index (κ1) is 10.8. The van der Waals surface area contributed by atoms with Gasteiger partial charge in [0.05, 0.1) is 17.8 Å². The number of ether oxygens (including phenoxy) is 1. The summed E-state index contributed by atoms with van der Waals surface area (Å²) in [5.41, 5.74) is 7.39. The number of rotatable bonds is 2. The molecule has 5 heteroatoms. The summed E-state index contributed by atoms with van der Waals surface area (Å²) in [6, 6.07) is 7.29. The Kier molecular flexibility index (Phi) is 2.75.